The lowest BCUT2D eigenvalue weighted by molar-refractivity contribution is 0.452. The molecule has 1 rings (SSSR count). The third kappa shape index (κ3) is 3.16. The fourth-order valence-corrected chi connectivity index (χ4v) is 3.85. The highest BCUT2D eigenvalue weighted by molar-refractivity contribution is 7.89. The molecule has 0 amide bonds. The number of hydrogen-bond acceptors (Lipinski definition) is 3. The second-order valence-corrected chi connectivity index (χ2v) is 6.69. The van der Waals surface area contributed by atoms with Crippen LogP contribution in [-0.2, 0) is 10.0 Å². The molecule has 5 heteroatoms. The average Bonchev–Trinajstić information content (AvgIpc) is 2.30. The normalized spacial score (nSPS) is 11.8. The number of nitrogens with zero attached hydrogens (tertiary/aromatic N) is 1. The van der Waals surface area contributed by atoms with Gasteiger partial charge in [0.15, 0.2) is 0 Å². The standard InChI is InChI=1S/C14H22N2O2S/c1-6-16(9-10(2)3)19(17,18)14-12(5)11(4)7-8-13(14)15/h7-8H,2,6,9,15H2,1,3-5H3. The minimum absolute atomic E-state index is 0.218. The Labute approximate surface area is 116 Å². The van der Waals surface area contributed by atoms with E-state index in [1.807, 2.05) is 26.8 Å². The molecule has 19 heavy (non-hydrogen) atoms. The first-order chi connectivity index (χ1) is 8.71. The first-order valence-corrected chi connectivity index (χ1v) is 7.66. The summed E-state index contributed by atoms with van der Waals surface area (Å²) in [6, 6.07) is 3.47. The maximum absolute atomic E-state index is 12.7. The van der Waals surface area contributed by atoms with Crippen LogP contribution in [0.1, 0.15) is 25.0 Å². The van der Waals surface area contributed by atoms with Crippen LogP contribution in [-0.4, -0.2) is 25.8 Å². The molecule has 0 fully saturated rings. The number of rotatable bonds is 5. The molecule has 0 radical (unpaired) electrons. The molecule has 1 aromatic carbocycles. The smallest absolute Gasteiger partial charge is 0.245 e. The highest BCUT2D eigenvalue weighted by atomic mass is 32.2. The molecule has 0 aliphatic carbocycles. The molecule has 0 spiro atoms. The first kappa shape index (κ1) is 15.7. The number of nitrogen functional groups attached to an aromatic ring is 1. The molecule has 0 heterocycles. The van der Waals surface area contributed by atoms with Crippen LogP contribution < -0.4 is 5.73 Å². The van der Waals surface area contributed by atoms with Crippen molar-refractivity contribution in [2.24, 2.45) is 0 Å². The molecule has 0 unspecified atom stereocenters. The topological polar surface area (TPSA) is 63.4 Å². The minimum Gasteiger partial charge on any atom is -0.398 e. The van der Waals surface area contributed by atoms with Gasteiger partial charge in [0.1, 0.15) is 4.90 Å². The number of likely N-dealkylation sites (N-methyl/N-ethyl adjacent to an activating group) is 1. The summed E-state index contributed by atoms with van der Waals surface area (Å²) in [7, 11) is -3.58. The van der Waals surface area contributed by atoms with Crippen molar-refractivity contribution in [1.29, 1.82) is 0 Å². The fourth-order valence-electron chi connectivity index (χ4n) is 1.95. The summed E-state index contributed by atoms with van der Waals surface area (Å²) >= 11 is 0. The second-order valence-electron chi connectivity index (χ2n) is 4.81. The van der Waals surface area contributed by atoms with Crippen molar-refractivity contribution >= 4 is 15.7 Å². The van der Waals surface area contributed by atoms with E-state index in [2.05, 4.69) is 6.58 Å². The van der Waals surface area contributed by atoms with Crippen LogP contribution in [0.3, 0.4) is 0 Å². The Balaban J connectivity index is 3.42. The van der Waals surface area contributed by atoms with Crippen LogP contribution in [0.25, 0.3) is 0 Å². The van der Waals surface area contributed by atoms with E-state index >= 15 is 0 Å². The van der Waals surface area contributed by atoms with E-state index < -0.39 is 10.0 Å². The maximum atomic E-state index is 12.7. The van der Waals surface area contributed by atoms with Crippen molar-refractivity contribution < 1.29 is 8.42 Å². The Morgan fingerprint density at radius 2 is 1.95 bits per heavy atom. The average molecular weight is 282 g/mol. The van der Waals surface area contributed by atoms with Crippen molar-refractivity contribution in [3.8, 4) is 0 Å². The zero-order valence-electron chi connectivity index (χ0n) is 12.0. The van der Waals surface area contributed by atoms with Crippen LogP contribution in [0.5, 0.6) is 0 Å². The van der Waals surface area contributed by atoms with Crippen molar-refractivity contribution in [3.63, 3.8) is 0 Å². The van der Waals surface area contributed by atoms with Gasteiger partial charge in [0, 0.05) is 13.1 Å². The van der Waals surface area contributed by atoms with Gasteiger partial charge in [-0.15, -0.1) is 0 Å². The molecule has 0 bridgehead atoms. The lowest BCUT2D eigenvalue weighted by Crippen LogP contribution is -2.33. The molecule has 0 saturated carbocycles. The molecule has 106 valence electrons. The molecule has 0 aliphatic rings. The molecule has 1 aromatic rings. The van der Waals surface area contributed by atoms with Crippen molar-refractivity contribution in [2.45, 2.75) is 32.6 Å². The summed E-state index contributed by atoms with van der Waals surface area (Å²) in [6.07, 6.45) is 0. The monoisotopic (exact) mass is 282 g/mol. The number of sulfonamides is 1. The van der Waals surface area contributed by atoms with E-state index in [4.69, 9.17) is 5.73 Å². The van der Waals surface area contributed by atoms with Gasteiger partial charge in [0.25, 0.3) is 0 Å². The van der Waals surface area contributed by atoms with Crippen molar-refractivity contribution in [3.05, 3.63) is 35.4 Å². The van der Waals surface area contributed by atoms with Crippen LogP contribution in [0.15, 0.2) is 29.2 Å². The van der Waals surface area contributed by atoms with Gasteiger partial charge in [-0.3, -0.25) is 0 Å². The van der Waals surface area contributed by atoms with Crippen LogP contribution >= 0.6 is 0 Å². The first-order valence-electron chi connectivity index (χ1n) is 6.22. The highest BCUT2D eigenvalue weighted by Crippen LogP contribution is 2.28. The lowest BCUT2D eigenvalue weighted by atomic mass is 10.1. The number of benzene rings is 1. The Bertz CT molecular complexity index is 592. The number of anilines is 1. The predicted octanol–water partition coefficient (Wildman–Crippen LogP) is 2.47. The summed E-state index contributed by atoms with van der Waals surface area (Å²) in [5, 5.41) is 0. The zero-order valence-corrected chi connectivity index (χ0v) is 12.8. The van der Waals surface area contributed by atoms with Crippen LogP contribution in [0.2, 0.25) is 0 Å². The second kappa shape index (κ2) is 5.75. The van der Waals surface area contributed by atoms with Gasteiger partial charge < -0.3 is 5.73 Å². The third-order valence-corrected chi connectivity index (χ3v) is 5.23. The van der Waals surface area contributed by atoms with E-state index in [1.54, 1.807) is 13.0 Å². The molecular formula is C14H22N2O2S. The van der Waals surface area contributed by atoms with Crippen molar-refractivity contribution in [1.82, 2.24) is 4.31 Å². The lowest BCUT2D eigenvalue weighted by Gasteiger charge is -2.23. The maximum Gasteiger partial charge on any atom is 0.245 e. The molecule has 0 atom stereocenters. The molecule has 2 N–H and O–H groups in total. The summed E-state index contributed by atoms with van der Waals surface area (Å²) in [6.45, 7) is 11.8. The molecule has 0 aromatic heterocycles. The van der Waals surface area contributed by atoms with Gasteiger partial charge in [0.2, 0.25) is 10.0 Å². The molecular weight excluding hydrogens is 260 g/mol. The van der Waals surface area contributed by atoms with Gasteiger partial charge in [-0.1, -0.05) is 25.1 Å². The summed E-state index contributed by atoms with van der Waals surface area (Å²) in [4.78, 5) is 0.218. The number of nitrogens with two attached hydrogens (primary N) is 1. The number of hydrogen-bond donors (Lipinski definition) is 1. The summed E-state index contributed by atoms with van der Waals surface area (Å²) < 4.78 is 26.8. The van der Waals surface area contributed by atoms with E-state index in [9.17, 15) is 8.42 Å². The van der Waals surface area contributed by atoms with Gasteiger partial charge in [-0.05, 0) is 38.0 Å². The van der Waals surface area contributed by atoms with E-state index in [1.165, 1.54) is 4.31 Å². The highest BCUT2D eigenvalue weighted by Gasteiger charge is 2.27. The Kier molecular flexibility index (Phi) is 4.76. The number of aryl methyl sites for hydroxylation is 1. The molecule has 0 saturated heterocycles. The van der Waals surface area contributed by atoms with Gasteiger partial charge in [-0.2, -0.15) is 4.31 Å². The van der Waals surface area contributed by atoms with E-state index in [-0.39, 0.29) is 4.90 Å². The van der Waals surface area contributed by atoms with Gasteiger partial charge in [-0.25, -0.2) is 8.42 Å². The Morgan fingerprint density at radius 3 is 2.42 bits per heavy atom. The largest absolute Gasteiger partial charge is 0.398 e. The quantitative estimate of drug-likeness (QED) is 0.666. The minimum atomic E-state index is -3.58. The van der Waals surface area contributed by atoms with Crippen LogP contribution in [0.4, 0.5) is 5.69 Å². The summed E-state index contributed by atoms with van der Waals surface area (Å²) in [5.41, 5.74) is 8.59. The summed E-state index contributed by atoms with van der Waals surface area (Å²) in [5.74, 6) is 0. The SMILES string of the molecule is C=C(C)CN(CC)S(=O)(=O)c1c(N)ccc(C)c1C. The van der Waals surface area contributed by atoms with Crippen molar-refractivity contribution in [2.75, 3.05) is 18.8 Å². The van der Waals surface area contributed by atoms with Gasteiger partial charge in [0.05, 0.1) is 5.69 Å². The van der Waals surface area contributed by atoms with Crippen LogP contribution in [0, 0.1) is 13.8 Å². The van der Waals surface area contributed by atoms with Gasteiger partial charge >= 0.3 is 0 Å². The van der Waals surface area contributed by atoms with E-state index in [0.717, 1.165) is 11.1 Å². The molecule has 4 nitrogen and oxygen atoms in total. The fraction of sp³-hybridized carbons (Fsp3) is 0.429. The van der Waals surface area contributed by atoms with E-state index in [0.29, 0.717) is 24.3 Å². The molecule has 0 aliphatic heterocycles. The Morgan fingerprint density at radius 1 is 1.37 bits per heavy atom. The predicted molar refractivity (Wildman–Crippen MR) is 79.6 cm³/mol. The Hall–Kier alpha value is -1.33. The third-order valence-electron chi connectivity index (χ3n) is 3.10. The zero-order chi connectivity index (χ0) is 14.8.